The number of carbonyl (C=O) groups is 2. The summed E-state index contributed by atoms with van der Waals surface area (Å²) in [6, 6.07) is 8.50. The summed E-state index contributed by atoms with van der Waals surface area (Å²) in [7, 11) is 0. The molecule has 24 heavy (non-hydrogen) atoms. The van der Waals surface area contributed by atoms with Crippen LogP contribution in [-0.4, -0.2) is 29.0 Å². The van der Waals surface area contributed by atoms with Crippen LogP contribution in [0.15, 0.2) is 24.3 Å². The molecule has 1 aliphatic heterocycles. The average Bonchev–Trinajstić information content (AvgIpc) is 2.44. The largest absolute Gasteiger partial charge is 0.443 e. The van der Waals surface area contributed by atoms with Crippen LogP contribution in [0.3, 0.4) is 0 Å². The molecule has 0 saturated carbocycles. The van der Waals surface area contributed by atoms with Crippen molar-refractivity contribution in [3.63, 3.8) is 0 Å². The highest BCUT2D eigenvalue weighted by atomic mass is 16.6. The fourth-order valence-corrected chi connectivity index (χ4v) is 2.88. The number of piperidine rings is 1. The second-order valence-electron chi connectivity index (χ2n) is 8.59. The number of hydrogen-bond acceptors (Lipinski definition) is 3. The van der Waals surface area contributed by atoms with E-state index in [9.17, 15) is 9.59 Å². The zero-order chi connectivity index (χ0) is 18.1. The van der Waals surface area contributed by atoms with Crippen molar-refractivity contribution in [1.82, 2.24) is 4.90 Å². The number of ether oxygens (including phenoxy) is 1. The van der Waals surface area contributed by atoms with Crippen LogP contribution in [0.2, 0.25) is 0 Å². The molecular weight excluding hydrogens is 302 g/mol. The van der Waals surface area contributed by atoms with Gasteiger partial charge in [0, 0.05) is 13.0 Å². The Balaban J connectivity index is 2.03. The molecule has 1 fully saturated rings. The molecule has 0 spiro atoms. The Hall–Kier alpha value is -1.84. The summed E-state index contributed by atoms with van der Waals surface area (Å²) in [6.45, 7) is 12.4. The Kier molecular flexibility index (Phi) is 5.07. The summed E-state index contributed by atoms with van der Waals surface area (Å²) in [5, 5.41) is 0. The number of hydrogen-bond donors (Lipinski definition) is 0. The van der Waals surface area contributed by atoms with Gasteiger partial charge in [0.1, 0.15) is 5.60 Å². The lowest BCUT2D eigenvalue weighted by Crippen LogP contribution is -2.44. The van der Waals surface area contributed by atoms with Crippen LogP contribution in [-0.2, 0) is 14.9 Å². The normalized spacial score (nSPS) is 19.3. The highest BCUT2D eigenvalue weighted by Gasteiger charge is 2.33. The van der Waals surface area contributed by atoms with E-state index in [-0.39, 0.29) is 17.2 Å². The van der Waals surface area contributed by atoms with Gasteiger partial charge >= 0.3 is 6.09 Å². The van der Waals surface area contributed by atoms with E-state index < -0.39 is 11.7 Å². The first kappa shape index (κ1) is 18.5. The molecule has 0 aromatic heterocycles. The van der Waals surface area contributed by atoms with Crippen molar-refractivity contribution >= 4 is 12.0 Å². The van der Waals surface area contributed by atoms with Gasteiger partial charge in [0.2, 0.25) is 5.91 Å². The van der Waals surface area contributed by atoms with Gasteiger partial charge in [-0.1, -0.05) is 45.0 Å². The van der Waals surface area contributed by atoms with Gasteiger partial charge in [-0.25, -0.2) is 9.69 Å². The number of imide groups is 1. The zero-order valence-corrected chi connectivity index (χ0v) is 15.7. The molecule has 1 saturated heterocycles. The summed E-state index contributed by atoms with van der Waals surface area (Å²) in [5.74, 6) is 0.0191. The Morgan fingerprint density at radius 1 is 1.08 bits per heavy atom. The van der Waals surface area contributed by atoms with Gasteiger partial charge in [0.05, 0.1) is 0 Å². The molecule has 0 radical (unpaired) electrons. The second-order valence-corrected chi connectivity index (χ2v) is 8.59. The van der Waals surface area contributed by atoms with Gasteiger partial charge in [-0.2, -0.15) is 0 Å². The fraction of sp³-hybridized carbons (Fsp3) is 0.600. The fourth-order valence-electron chi connectivity index (χ4n) is 2.88. The van der Waals surface area contributed by atoms with Crippen molar-refractivity contribution in [2.75, 3.05) is 6.54 Å². The first-order valence-electron chi connectivity index (χ1n) is 8.61. The van der Waals surface area contributed by atoms with Crippen molar-refractivity contribution in [2.24, 2.45) is 0 Å². The molecular formula is C20H29NO3. The minimum absolute atomic E-state index is 0.119. The van der Waals surface area contributed by atoms with Gasteiger partial charge in [-0.3, -0.25) is 4.79 Å². The standard InChI is InChI=1S/C20H29NO3/c1-19(2,3)16-9-7-14(8-10-16)15-11-12-21(17(22)13-15)18(23)24-20(4,5)6/h7-10,15H,11-13H2,1-6H3/t15-/m1/s1. The quantitative estimate of drug-likeness (QED) is 0.754. The smallest absolute Gasteiger partial charge is 0.417 e. The van der Waals surface area contributed by atoms with E-state index in [1.165, 1.54) is 16.0 Å². The molecule has 0 N–H and O–H groups in total. The number of rotatable bonds is 1. The molecule has 0 bridgehead atoms. The monoisotopic (exact) mass is 331 g/mol. The highest BCUT2D eigenvalue weighted by Crippen LogP contribution is 2.31. The van der Waals surface area contributed by atoms with E-state index in [0.717, 1.165) is 6.42 Å². The number of amides is 2. The van der Waals surface area contributed by atoms with Crippen LogP contribution in [0.5, 0.6) is 0 Å². The highest BCUT2D eigenvalue weighted by molar-refractivity contribution is 5.93. The lowest BCUT2D eigenvalue weighted by Gasteiger charge is -2.32. The molecule has 0 unspecified atom stereocenters. The number of benzene rings is 1. The molecule has 1 aliphatic rings. The summed E-state index contributed by atoms with van der Waals surface area (Å²) >= 11 is 0. The maximum Gasteiger partial charge on any atom is 0.417 e. The first-order chi connectivity index (χ1) is 11.0. The first-order valence-corrected chi connectivity index (χ1v) is 8.61. The number of likely N-dealkylation sites (tertiary alicyclic amines) is 1. The van der Waals surface area contributed by atoms with Gasteiger partial charge < -0.3 is 4.74 Å². The Labute approximate surface area is 145 Å². The third-order valence-corrected chi connectivity index (χ3v) is 4.29. The van der Waals surface area contributed by atoms with E-state index in [4.69, 9.17) is 4.74 Å². The van der Waals surface area contributed by atoms with Gasteiger partial charge in [0.15, 0.2) is 0 Å². The van der Waals surface area contributed by atoms with E-state index >= 15 is 0 Å². The molecule has 1 aromatic carbocycles. The van der Waals surface area contributed by atoms with Crippen LogP contribution >= 0.6 is 0 Å². The van der Waals surface area contributed by atoms with Crippen LogP contribution < -0.4 is 0 Å². The Morgan fingerprint density at radius 3 is 2.12 bits per heavy atom. The maximum absolute atomic E-state index is 12.4. The van der Waals surface area contributed by atoms with Crippen molar-refractivity contribution in [3.8, 4) is 0 Å². The van der Waals surface area contributed by atoms with Gasteiger partial charge in [0.25, 0.3) is 0 Å². The van der Waals surface area contributed by atoms with E-state index in [1.54, 1.807) is 20.8 Å². The molecule has 4 heteroatoms. The summed E-state index contributed by atoms with van der Waals surface area (Å²) in [6.07, 6.45) is 0.600. The van der Waals surface area contributed by atoms with E-state index in [2.05, 4.69) is 45.0 Å². The van der Waals surface area contributed by atoms with Crippen LogP contribution in [0.25, 0.3) is 0 Å². The van der Waals surface area contributed by atoms with Crippen LogP contribution in [0.1, 0.15) is 71.4 Å². The second kappa shape index (κ2) is 6.58. The Morgan fingerprint density at radius 2 is 1.67 bits per heavy atom. The minimum Gasteiger partial charge on any atom is -0.443 e. The lowest BCUT2D eigenvalue weighted by atomic mass is 9.84. The predicted molar refractivity (Wildman–Crippen MR) is 95.1 cm³/mol. The third kappa shape index (κ3) is 4.59. The average molecular weight is 331 g/mol. The molecule has 1 heterocycles. The van der Waals surface area contributed by atoms with Gasteiger partial charge in [-0.05, 0) is 49.7 Å². The molecule has 1 aromatic rings. The van der Waals surface area contributed by atoms with Crippen molar-refractivity contribution in [2.45, 2.75) is 71.3 Å². The van der Waals surface area contributed by atoms with Gasteiger partial charge in [-0.15, -0.1) is 0 Å². The summed E-state index contributed by atoms with van der Waals surface area (Å²) in [4.78, 5) is 25.7. The maximum atomic E-state index is 12.4. The SMILES string of the molecule is CC(C)(C)OC(=O)N1CC[C@@H](c2ccc(C(C)(C)C)cc2)CC1=O. The molecule has 0 aliphatic carbocycles. The predicted octanol–water partition coefficient (Wildman–Crippen LogP) is 4.63. The topological polar surface area (TPSA) is 46.6 Å². The number of carbonyl (C=O) groups excluding carboxylic acids is 2. The molecule has 4 nitrogen and oxygen atoms in total. The number of nitrogens with zero attached hydrogens (tertiary/aromatic N) is 1. The zero-order valence-electron chi connectivity index (χ0n) is 15.7. The van der Waals surface area contributed by atoms with Crippen LogP contribution in [0.4, 0.5) is 4.79 Å². The summed E-state index contributed by atoms with van der Waals surface area (Å²) < 4.78 is 5.31. The van der Waals surface area contributed by atoms with Crippen molar-refractivity contribution in [1.29, 1.82) is 0 Å². The Bertz CT molecular complexity index is 605. The molecule has 1 atom stereocenters. The minimum atomic E-state index is -0.586. The molecule has 132 valence electrons. The molecule has 2 amide bonds. The lowest BCUT2D eigenvalue weighted by molar-refractivity contribution is -0.132. The van der Waals surface area contributed by atoms with Crippen molar-refractivity contribution < 1.29 is 14.3 Å². The third-order valence-electron chi connectivity index (χ3n) is 4.29. The molecule has 2 rings (SSSR count). The van der Waals surface area contributed by atoms with E-state index in [0.29, 0.717) is 13.0 Å². The van der Waals surface area contributed by atoms with Crippen molar-refractivity contribution in [3.05, 3.63) is 35.4 Å². The van der Waals surface area contributed by atoms with Crippen LogP contribution in [0, 0.1) is 0 Å². The van der Waals surface area contributed by atoms with E-state index in [1.807, 2.05) is 0 Å². The summed E-state index contributed by atoms with van der Waals surface area (Å²) in [5.41, 5.74) is 1.98.